The molecular formula is C22H29NO4. The van der Waals surface area contributed by atoms with Crippen LogP contribution in [0.25, 0.3) is 0 Å². The molecule has 27 heavy (non-hydrogen) atoms. The molecule has 0 spiro atoms. The van der Waals surface area contributed by atoms with E-state index in [1.807, 2.05) is 49.4 Å². The number of amides is 1. The zero-order chi connectivity index (χ0) is 20.0. The number of methoxy groups -OCH3 is 2. The van der Waals surface area contributed by atoms with Crippen molar-refractivity contribution in [2.45, 2.75) is 39.2 Å². The minimum Gasteiger partial charge on any atom is -0.497 e. The molecule has 0 aliphatic heterocycles. The predicted molar refractivity (Wildman–Crippen MR) is 107 cm³/mol. The Balaban J connectivity index is 2.05. The molecule has 5 heteroatoms. The molecule has 0 saturated carbocycles. The molecule has 0 bridgehead atoms. The Morgan fingerprint density at radius 1 is 1.04 bits per heavy atom. The summed E-state index contributed by atoms with van der Waals surface area (Å²) in [5.74, 6) is 1.94. The second-order valence-corrected chi connectivity index (χ2v) is 7.43. The summed E-state index contributed by atoms with van der Waals surface area (Å²) in [4.78, 5) is 12.4. The summed E-state index contributed by atoms with van der Waals surface area (Å²) >= 11 is 0. The monoisotopic (exact) mass is 371 g/mol. The minimum atomic E-state index is -0.246. The first-order valence-corrected chi connectivity index (χ1v) is 9.00. The highest BCUT2D eigenvalue weighted by Crippen LogP contribution is 2.31. The summed E-state index contributed by atoms with van der Waals surface area (Å²) in [5.41, 5.74) is 1.86. The first-order valence-electron chi connectivity index (χ1n) is 9.00. The molecule has 0 heterocycles. The molecule has 5 nitrogen and oxygen atoms in total. The number of hydrogen-bond donors (Lipinski definition) is 1. The van der Waals surface area contributed by atoms with E-state index in [1.54, 1.807) is 14.2 Å². The maximum Gasteiger partial charge on any atom is 0.258 e. The van der Waals surface area contributed by atoms with E-state index in [9.17, 15) is 4.79 Å². The zero-order valence-electron chi connectivity index (χ0n) is 17.0. The van der Waals surface area contributed by atoms with Crippen LogP contribution in [0.1, 0.15) is 44.9 Å². The molecule has 1 amide bonds. The Morgan fingerprint density at radius 3 is 2.37 bits per heavy atom. The lowest BCUT2D eigenvalue weighted by Gasteiger charge is -2.23. The fraction of sp³-hybridized carbons (Fsp3) is 0.409. The third kappa shape index (κ3) is 5.39. The van der Waals surface area contributed by atoms with Crippen molar-refractivity contribution in [2.24, 2.45) is 0 Å². The first-order chi connectivity index (χ1) is 12.8. The van der Waals surface area contributed by atoms with Gasteiger partial charge in [-0.1, -0.05) is 39.0 Å². The van der Waals surface area contributed by atoms with Crippen LogP contribution in [0.3, 0.4) is 0 Å². The van der Waals surface area contributed by atoms with Gasteiger partial charge in [-0.05, 0) is 42.2 Å². The number of rotatable bonds is 7. The van der Waals surface area contributed by atoms with Gasteiger partial charge in [-0.25, -0.2) is 0 Å². The topological polar surface area (TPSA) is 56.8 Å². The molecule has 2 aromatic carbocycles. The van der Waals surface area contributed by atoms with E-state index in [4.69, 9.17) is 14.2 Å². The highest BCUT2D eigenvalue weighted by Gasteiger charge is 2.20. The quantitative estimate of drug-likeness (QED) is 0.790. The zero-order valence-corrected chi connectivity index (χ0v) is 17.0. The molecule has 2 aromatic rings. The molecule has 2 rings (SSSR count). The summed E-state index contributed by atoms with van der Waals surface area (Å²) < 4.78 is 16.5. The second-order valence-electron chi connectivity index (χ2n) is 7.43. The normalized spacial score (nSPS) is 12.2. The third-order valence-electron chi connectivity index (χ3n) is 4.33. The van der Waals surface area contributed by atoms with Crippen molar-refractivity contribution in [1.29, 1.82) is 0 Å². The SMILES string of the molecule is COc1ccc(OC)c(C(C)NC(=O)COc2ccccc2C(C)(C)C)c1. The molecule has 1 unspecified atom stereocenters. The fourth-order valence-electron chi connectivity index (χ4n) is 2.89. The van der Waals surface area contributed by atoms with Crippen molar-refractivity contribution >= 4 is 5.91 Å². The van der Waals surface area contributed by atoms with Gasteiger partial charge in [0.05, 0.1) is 20.3 Å². The van der Waals surface area contributed by atoms with Crippen molar-refractivity contribution in [2.75, 3.05) is 20.8 Å². The van der Waals surface area contributed by atoms with Crippen molar-refractivity contribution < 1.29 is 19.0 Å². The number of para-hydroxylation sites is 1. The van der Waals surface area contributed by atoms with Gasteiger partial charge in [-0.2, -0.15) is 0 Å². The predicted octanol–water partition coefficient (Wildman–Crippen LogP) is 4.26. The van der Waals surface area contributed by atoms with Crippen molar-refractivity contribution in [3.63, 3.8) is 0 Å². The summed E-state index contributed by atoms with van der Waals surface area (Å²) in [7, 11) is 3.21. The van der Waals surface area contributed by atoms with Gasteiger partial charge >= 0.3 is 0 Å². The Bertz CT molecular complexity index is 780. The standard InChI is InChI=1S/C22H29NO4/c1-15(17-13-16(25-5)11-12-19(17)26-6)23-21(24)14-27-20-10-8-7-9-18(20)22(2,3)4/h7-13,15H,14H2,1-6H3,(H,23,24). The smallest absolute Gasteiger partial charge is 0.258 e. The molecule has 0 radical (unpaired) electrons. The van der Waals surface area contributed by atoms with E-state index < -0.39 is 0 Å². The van der Waals surface area contributed by atoms with Crippen LogP contribution in [0.4, 0.5) is 0 Å². The van der Waals surface area contributed by atoms with Crippen molar-refractivity contribution in [1.82, 2.24) is 5.32 Å². The van der Waals surface area contributed by atoms with Crippen LogP contribution in [-0.4, -0.2) is 26.7 Å². The first kappa shape index (κ1) is 20.6. The van der Waals surface area contributed by atoms with E-state index in [-0.39, 0.29) is 24.0 Å². The Hall–Kier alpha value is -2.69. The number of ether oxygens (including phenoxy) is 3. The van der Waals surface area contributed by atoms with Gasteiger partial charge in [0.2, 0.25) is 0 Å². The van der Waals surface area contributed by atoms with E-state index in [0.717, 1.165) is 16.9 Å². The maximum atomic E-state index is 12.4. The van der Waals surface area contributed by atoms with Crippen LogP contribution < -0.4 is 19.5 Å². The van der Waals surface area contributed by atoms with E-state index >= 15 is 0 Å². The molecule has 146 valence electrons. The molecule has 0 fully saturated rings. The number of hydrogen-bond acceptors (Lipinski definition) is 4. The van der Waals surface area contributed by atoms with Crippen LogP contribution in [0, 0.1) is 0 Å². The summed E-state index contributed by atoms with van der Waals surface area (Å²) in [6.45, 7) is 8.20. The van der Waals surface area contributed by atoms with Gasteiger partial charge in [0.1, 0.15) is 17.2 Å². The summed E-state index contributed by atoms with van der Waals surface area (Å²) in [5, 5.41) is 2.95. The molecular weight excluding hydrogens is 342 g/mol. The van der Waals surface area contributed by atoms with Crippen LogP contribution in [0.15, 0.2) is 42.5 Å². The van der Waals surface area contributed by atoms with Crippen LogP contribution in [-0.2, 0) is 10.2 Å². The summed E-state index contributed by atoms with van der Waals surface area (Å²) in [6.07, 6.45) is 0. The Labute approximate surface area is 161 Å². The van der Waals surface area contributed by atoms with Crippen molar-refractivity contribution in [3.8, 4) is 17.2 Å². The largest absolute Gasteiger partial charge is 0.497 e. The fourth-order valence-corrected chi connectivity index (χ4v) is 2.89. The van der Waals surface area contributed by atoms with Crippen LogP contribution in [0.5, 0.6) is 17.2 Å². The van der Waals surface area contributed by atoms with Crippen LogP contribution >= 0.6 is 0 Å². The van der Waals surface area contributed by atoms with E-state index in [1.165, 1.54) is 0 Å². The number of nitrogens with one attached hydrogen (secondary N) is 1. The maximum absolute atomic E-state index is 12.4. The number of carbonyl (C=O) groups is 1. The second kappa shape index (κ2) is 8.80. The van der Waals surface area contributed by atoms with Crippen molar-refractivity contribution in [3.05, 3.63) is 53.6 Å². The van der Waals surface area contributed by atoms with Gasteiger partial charge in [0.15, 0.2) is 6.61 Å². The average molecular weight is 371 g/mol. The van der Waals surface area contributed by atoms with E-state index in [0.29, 0.717) is 11.5 Å². The molecule has 1 atom stereocenters. The van der Waals surface area contributed by atoms with Gasteiger partial charge in [-0.3, -0.25) is 4.79 Å². The molecule has 0 saturated heterocycles. The van der Waals surface area contributed by atoms with Gasteiger partial charge in [-0.15, -0.1) is 0 Å². The number of carbonyl (C=O) groups excluding carboxylic acids is 1. The van der Waals surface area contributed by atoms with Gasteiger partial charge in [0.25, 0.3) is 5.91 Å². The average Bonchev–Trinajstić information content (AvgIpc) is 2.65. The highest BCUT2D eigenvalue weighted by atomic mass is 16.5. The third-order valence-corrected chi connectivity index (χ3v) is 4.33. The van der Waals surface area contributed by atoms with Gasteiger partial charge in [0, 0.05) is 5.56 Å². The molecule has 1 N–H and O–H groups in total. The number of benzene rings is 2. The minimum absolute atomic E-state index is 0.0519. The highest BCUT2D eigenvalue weighted by molar-refractivity contribution is 5.78. The Morgan fingerprint density at radius 2 is 1.74 bits per heavy atom. The lowest BCUT2D eigenvalue weighted by molar-refractivity contribution is -0.123. The molecule has 0 aliphatic carbocycles. The van der Waals surface area contributed by atoms with Crippen LogP contribution in [0.2, 0.25) is 0 Å². The molecule has 0 aliphatic rings. The molecule has 0 aromatic heterocycles. The lowest BCUT2D eigenvalue weighted by atomic mass is 9.86. The van der Waals surface area contributed by atoms with E-state index in [2.05, 4.69) is 26.1 Å². The lowest BCUT2D eigenvalue weighted by Crippen LogP contribution is -2.31. The van der Waals surface area contributed by atoms with Gasteiger partial charge < -0.3 is 19.5 Å². The summed E-state index contributed by atoms with van der Waals surface area (Å²) in [6, 6.07) is 13.1. The Kier molecular flexibility index (Phi) is 6.72.